The van der Waals surface area contributed by atoms with E-state index in [9.17, 15) is 18.0 Å². The van der Waals surface area contributed by atoms with Crippen LogP contribution in [0.2, 0.25) is 0 Å². The number of hydrogen-bond acceptors (Lipinski definition) is 6. The average Bonchev–Trinajstić information content (AvgIpc) is 2.92. The van der Waals surface area contributed by atoms with Crippen LogP contribution in [0.3, 0.4) is 0 Å². The first kappa shape index (κ1) is 20.5. The maximum absolute atomic E-state index is 12.2. The molecule has 9 heteroatoms. The molecule has 2 aromatic rings. The number of esters is 1. The fourth-order valence-electron chi connectivity index (χ4n) is 2.79. The highest BCUT2D eigenvalue weighted by molar-refractivity contribution is 7.90. The lowest BCUT2D eigenvalue weighted by atomic mass is 10.2. The van der Waals surface area contributed by atoms with E-state index < -0.39 is 28.0 Å². The molecule has 0 aromatic heterocycles. The average molecular weight is 415 g/mol. The Balaban J connectivity index is 1.52. The molecule has 0 saturated carbocycles. The Morgan fingerprint density at radius 2 is 1.93 bits per heavy atom. The fourth-order valence-corrected chi connectivity index (χ4v) is 4.04. The monoisotopic (exact) mass is 415 g/mol. The Morgan fingerprint density at radius 3 is 2.69 bits per heavy atom. The highest BCUT2D eigenvalue weighted by Crippen LogP contribution is 2.22. The number of carbonyl (C=O) groups is 2. The highest BCUT2D eigenvalue weighted by atomic mass is 32.2. The van der Waals surface area contributed by atoms with Crippen LogP contribution in [-0.4, -0.2) is 38.8 Å². The van der Waals surface area contributed by atoms with Crippen LogP contribution in [0.4, 0.5) is 5.69 Å². The lowest BCUT2D eigenvalue weighted by Gasteiger charge is -2.13. The van der Waals surface area contributed by atoms with Crippen molar-refractivity contribution in [2.24, 2.45) is 4.99 Å². The van der Waals surface area contributed by atoms with E-state index in [1.807, 2.05) is 25.1 Å². The van der Waals surface area contributed by atoms with Crippen LogP contribution in [0.25, 0.3) is 0 Å². The second-order valence-corrected chi connectivity index (χ2v) is 8.22. The molecule has 0 spiro atoms. The van der Waals surface area contributed by atoms with Crippen LogP contribution in [0.5, 0.6) is 0 Å². The lowest BCUT2D eigenvalue weighted by Crippen LogP contribution is -2.30. The van der Waals surface area contributed by atoms with Gasteiger partial charge in [-0.3, -0.25) is 19.3 Å². The molecule has 8 nitrogen and oxygen atoms in total. The fraction of sp³-hybridized carbons (Fsp3) is 0.250. The summed E-state index contributed by atoms with van der Waals surface area (Å²) >= 11 is 0. The molecule has 29 heavy (non-hydrogen) atoms. The van der Waals surface area contributed by atoms with Crippen molar-refractivity contribution in [3.05, 3.63) is 59.7 Å². The van der Waals surface area contributed by atoms with E-state index in [-0.39, 0.29) is 23.7 Å². The molecular formula is C20H21N3O5S. The van der Waals surface area contributed by atoms with Gasteiger partial charge in [-0.2, -0.15) is 0 Å². The summed E-state index contributed by atoms with van der Waals surface area (Å²) in [5, 5.41) is 2.69. The van der Waals surface area contributed by atoms with Crippen molar-refractivity contribution >= 4 is 33.4 Å². The number of ether oxygens (including phenoxy) is 1. The summed E-state index contributed by atoms with van der Waals surface area (Å²) in [7, 11) is -3.62. The van der Waals surface area contributed by atoms with E-state index >= 15 is 0 Å². The van der Waals surface area contributed by atoms with Crippen LogP contribution < -0.4 is 10.0 Å². The summed E-state index contributed by atoms with van der Waals surface area (Å²) in [6.07, 6.45) is -1.06. The minimum absolute atomic E-state index is 0.0250. The molecule has 3 rings (SSSR count). The minimum atomic E-state index is -3.62. The zero-order chi connectivity index (χ0) is 21.0. The standard InChI is InChI=1S/C20H21N3O5S/c1-13-6-5-7-15(12-13)22-20(25)14(2)28-18(24)10-11-21-19-16-8-3-4-9-17(16)29(26,27)23-19/h3-9,12,14H,10-11H2,1-2H3,(H,21,23)(H,22,25). The van der Waals surface area contributed by atoms with Gasteiger partial charge in [0, 0.05) is 11.3 Å². The molecule has 2 aromatic carbocycles. The van der Waals surface area contributed by atoms with E-state index in [0.29, 0.717) is 11.3 Å². The lowest BCUT2D eigenvalue weighted by molar-refractivity contribution is -0.152. The molecule has 1 aliphatic heterocycles. The number of fused-ring (bicyclic) bond motifs is 1. The van der Waals surface area contributed by atoms with Crippen molar-refractivity contribution in [1.29, 1.82) is 0 Å². The van der Waals surface area contributed by atoms with Crippen molar-refractivity contribution < 1.29 is 22.7 Å². The van der Waals surface area contributed by atoms with Gasteiger partial charge in [0.05, 0.1) is 17.9 Å². The van der Waals surface area contributed by atoms with Gasteiger partial charge < -0.3 is 10.1 Å². The number of aliphatic imine (C=N–C) groups is 1. The second kappa shape index (κ2) is 8.44. The molecule has 0 saturated heterocycles. The number of nitrogens with zero attached hydrogens (tertiary/aromatic N) is 1. The van der Waals surface area contributed by atoms with Gasteiger partial charge >= 0.3 is 5.97 Å². The third-order valence-electron chi connectivity index (χ3n) is 4.21. The van der Waals surface area contributed by atoms with Gasteiger partial charge in [-0.25, -0.2) is 8.42 Å². The van der Waals surface area contributed by atoms with Crippen LogP contribution in [0.15, 0.2) is 58.4 Å². The third-order valence-corrected chi connectivity index (χ3v) is 5.61. The largest absolute Gasteiger partial charge is 0.452 e. The summed E-state index contributed by atoms with van der Waals surface area (Å²) in [5.74, 6) is -0.846. The summed E-state index contributed by atoms with van der Waals surface area (Å²) in [5.41, 5.74) is 2.08. The van der Waals surface area contributed by atoms with Crippen LogP contribution >= 0.6 is 0 Å². The van der Waals surface area contributed by atoms with Gasteiger partial charge in [0.25, 0.3) is 15.9 Å². The Kier molecular flexibility index (Phi) is 5.97. The second-order valence-electron chi connectivity index (χ2n) is 6.57. The molecule has 1 aliphatic rings. The summed E-state index contributed by atoms with van der Waals surface area (Å²) < 4.78 is 31.5. The third kappa shape index (κ3) is 5.00. The first-order chi connectivity index (χ1) is 13.8. The number of rotatable bonds is 6. The van der Waals surface area contributed by atoms with Crippen molar-refractivity contribution in [2.45, 2.75) is 31.3 Å². The summed E-state index contributed by atoms with van der Waals surface area (Å²) in [4.78, 5) is 28.5. The Hall–Kier alpha value is -3.20. The number of carbonyl (C=O) groups excluding carboxylic acids is 2. The maximum Gasteiger partial charge on any atom is 0.308 e. The molecule has 1 heterocycles. The number of amides is 1. The van der Waals surface area contributed by atoms with Crippen molar-refractivity contribution in [3.8, 4) is 0 Å². The zero-order valence-corrected chi connectivity index (χ0v) is 16.8. The van der Waals surface area contributed by atoms with Gasteiger partial charge in [0.2, 0.25) is 0 Å². The number of amidine groups is 1. The van der Waals surface area contributed by atoms with Crippen LogP contribution in [0, 0.1) is 6.92 Å². The van der Waals surface area contributed by atoms with Crippen LogP contribution in [0.1, 0.15) is 24.5 Å². The summed E-state index contributed by atoms with van der Waals surface area (Å²) in [6.45, 7) is 3.41. The molecule has 0 radical (unpaired) electrons. The first-order valence-corrected chi connectivity index (χ1v) is 10.5. The minimum Gasteiger partial charge on any atom is -0.452 e. The molecule has 1 atom stereocenters. The molecule has 1 amide bonds. The Labute approximate surface area is 169 Å². The van der Waals surface area contributed by atoms with Gasteiger partial charge in [0.1, 0.15) is 5.84 Å². The zero-order valence-electron chi connectivity index (χ0n) is 16.0. The van der Waals surface area contributed by atoms with E-state index in [0.717, 1.165) is 5.56 Å². The van der Waals surface area contributed by atoms with E-state index in [4.69, 9.17) is 4.74 Å². The quantitative estimate of drug-likeness (QED) is 0.701. The predicted octanol–water partition coefficient (Wildman–Crippen LogP) is 1.99. The van der Waals surface area contributed by atoms with Gasteiger partial charge in [-0.05, 0) is 43.7 Å². The number of sulfonamides is 1. The molecule has 2 N–H and O–H groups in total. The molecular weight excluding hydrogens is 394 g/mol. The smallest absolute Gasteiger partial charge is 0.308 e. The molecule has 152 valence electrons. The summed E-state index contributed by atoms with van der Waals surface area (Å²) in [6, 6.07) is 13.7. The van der Waals surface area contributed by atoms with E-state index in [1.165, 1.54) is 13.0 Å². The number of anilines is 1. The molecule has 1 unspecified atom stereocenters. The van der Waals surface area contributed by atoms with Crippen molar-refractivity contribution in [2.75, 3.05) is 11.9 Å². The number of hydrogen-bond donors (Lipinski definition) is 2. The predicted molar refractivity (Wildman–Crippen MR) is 108 cm³/mol. The molecule has 0 fully saturated rings. The maximum atomic E-state index is 12.2. The van der Waals surface area contributed by atoms with E-state index in [1.54, 1.807) is 24.3 Å². The molecule has 0 bridgehead atoms. The number of benzene rings is 2. The highest BCUT2D eigenvalue weighted by Gasteiger charge is 2.30. The number of nitrogens with one attached hydrogen (secondary N) is 2. The van der Waals surface area contributed by atoms with Gasteiger partial charge in [-0.1, -0.05) is 24.3 Å². The van der Waals surface area contributed by atoms with Crippen LogP contribution in [-0.2, 0) is 24.3 Å². The first-order valence-electron chi connectivity index (χ1n) is 9.00. The van der Waals surface area contributed by atoms with E-state index in [2.05, 4.69) is 15.0 Å². The molecule has 0 aliphatic carbocycles. The number of aryl methyl sites for hydroxylation is 1. The normalized spacial score (nSPS) is 16.6. The SMILES string of the molecule is Cc1cccc(NC(=O)C(C)OC(=O)CCN=C2NS(=O)(=O)c3ccccc32)c1. The van der Waals surface area contributed by atoms with Gasteiger partial charge in [0.15, 0.2) is 6.10 Å². The van der Waals surface area contributed by atoms with Crippen molar-refractivity contribution in [3.63, 3.8) is 0 Å². The van der Waals surface area contributed by atoms with Crippen molar-refractivity contribution in [1.82, 2.24) is 4.72 Å². The van der Waals surface area contributed by atoms with Gasteiger partial charge in [-0.15, -0.1) is 0 Å². The topological polar surface area (TPSA) is 114 Å². The Morgan fingerprint density at radius 1 is 1.17 bits per heavy atom. The Bertz CT molecular complexity index is 1080.